The molecule has 0 spiro atoms. The Morgan fingerprint density at radius 2 is 1.91 bits per heavy atom. The van der Waals surface area contributed by atoms with E-state index in [9.17, 15) is 9.18 Å². The number of benzene rings is 1. The maximum absolute atomic E-state index is 14.2. The highest BCUT2D eigenvalue weighted by Gasteiger charge is 2.40. The van der Waals surface area contributed by atoms with Gasteiger partial charge in [0.15, 0.2) is 5.65 Å². The first kappa shape index (κ1) is 21.8. The van der Waals surface area contributed by atoms with Crippen LogP contribution >= 0.6 is 11.6 Å². The predicted molar refractivity (Wildman–Crippen MR) is 126 cm³/mol. The van der Waals surface area contributed by atoms with Crippen molar-refractivity contribution >= 4 is 23.2 Å². The van der Waals surface area contributed by atoms with Crippen molar-refractivity contribution in [2.75, 3.05) is 7.05 Å². The Balaban J connectivity index is 1.26. The maximum Gasteiger partial charge on any atom is 0.258 e. The minimum atomic E-state index is -0.406. The van der Waals surface area contributed by atoms with Crippen LogP contribution in [0.25, 0.3) is 5.65 Å². The van der Waals surface area contributed by atoms with Gasteiger partial charge in [0.05, 0.1) is 40.8 Å². The summed E-state index contributed by atoms with van der Waals surface area (Å²) in [5.41, 5.74) is 4.41. The quantitative estimate of drug-likeness (QED) is 0.556. The van der Waals surface area contributed by atoms with Crippen molar-refractivity contribution in [1.82, 2.24) is 24.4 Å². The molecule has 0 unspecified atom stereocenters. The summed E-state index contributed by atoms with van der Waals surface area (Å²) in [5.74, 6) is -0.268. The van der Waals surface area contributed by atoms with Gasteiger partial charge in [-0.2, -0.15) is 5.10 Å². The summed E-state index contributed by atoms with van der Waals surface area (Å²) in [6.45, 7) is 4.53. The number of rotatable bonds is 3. The number of carbonyl (C=O) groups is 1. The number of nitrogens with zero attached hydrogens (tertiary/aromatic N) is 5. The summed E-state index contributed by atoms with van der Waals surface area (Å²) in [4.78, 5) is 22.3. The summed E-state index contributed by atoms with van der Waals surface area (Å²) in [5, 5.41) is 5.26. The summed E-state index contributed by atoms with van der Waals surface area (Å²) in [7, 11) is 2.17. The van der Waals surface area contributed by atoms with E-state index in [-0.39, 0.29) is 12.0 Å². The van der Waals surface area contributed by atoms with Gasteiger partial charge in [-0.1, -0.05) is 11.6 Å². The van der Waals surface area contributed by atoms with Crippen molar-refractivity contribution in [1.29, 1.82) is 0 Å². The van der Waals surface area contributed by atoms with Crippen LogP contribution < -0.4 is 4.74 Å². The number of carbonyl (C=O) groups excluding carboxylic acids is 1. The zero-order valence-corrected chi connectivity index (χ0v) is 20.3. The first-order valence-electron chi connectivity index (χ1n) is 11.8. The lowest BCUT2D eigenvalue weighted by molar-refractivity contribution is 0.0622. The van der Waals surface area contributed by atoms with Gasteiger partial charge in [0.25, 0.3) is 5.91 Å². The Labute approximate surface area is 202 Å². The van der Waals surface area contributed by atoms with E-state index < -0.39 is 5.82 Å². The number of halogens is 2. The lowest BCUT2D eigenvalue weighted by Gasteiger charge is -2.36. The number of aryl methyl sites for hydroxylation is 2. The second-order valence-electron chi connectivity index (χ2n) is 9.82. The van der Waals surface area contributed by atoms with Gasteiger partial charge < -0.3 is 14.5 Å². The third-order valence-corrected chi connectivity index (χ3v) is 8.31. The highest BCUT2D eigenvalue weighted by molar-refractivity contribution is 6.31. The van der Waals surface area contributed by atoms with E-state index >= 15 is 0 Å². The Hall–Kier alpha value is -2.71. The van der Waals surface area contributed by atoms with E-state index in [4.69, 9.17) is 16.3 Å². The normalized spacial score (nSPS) is 24.1. The topological polar surface area (TPSA) is 63.0 Å². The lowest BCUT2D eigenvalue weighted by atomic mass is 10.0. The summed E-state index contributed by atoms with van der Waals surface area (Å²) >= 11 is 6.34. The average molecular weight is 484 g/mol. The fourth-order valence-electron chi connectivity index (χ4n) is 5.83. The molecule has 34 heavy (non-hydrogen) atoms. The van der Waals surface area contributed by atoms with Crippen LogP contribution in [0.3, 0.4) is 0 Å². The molecule has 3 atom stereocenters. The molecule has 9 heteroatoms. The van der Waals surface area contributed by atoms with E-state index in [1.807, 2.05) is 13.8 Å². The SMILES string of the molecule is Cc1nc2c3c(nn2c(C)c1Cl)CN(C(=O)c1ccc(F)cc1O[C@H]1C[C@H]2CC[C@@H](C1)N2C)C3. The fourth-order valence-corrected chi connectivity index (χ4v) is 5.96. The van der Waals surface area contributed by atoms with Crippen molar-refractivity contribution in [3.63, 3.8) is 0 Å². The van der Waals surface area contributed by atoms with Gasteiger partial charge in [0, 0.05) is 23.7 Å². The number of amides is 1. The molecule has 7 nitrogen and oxygen atoms in total. The minimum absolute atomic E-state index is 0.0121. The molecule has 2 bridgehead atoms. The first-order valence-corrected chi connectivity index (χ1v) is 12.2. The molecule has 2 fully saturated rings. The molecule has 2 aromatic heterocycles. The van der Waals surface area contributed by atoms with E-state index in [0.29, 0.717) is 41.5 Å². The molecule has 5 heterocycles. The van der Waals surface area contributed by atoms with Crippen molar-refractivity contribution < 1.29 is 13.9 Å². The average Bonchev–Trinajstić information content (AvgIpc) is 3.41. The number of fused-ring (bicyclic) bond motifs is 5. The molecule has 1 amide bonds. The predicted octanol–water partition coefficient (Wildman–Crippen LogP) is 4.30. The van der Waals surface area contributed by atoms with Crippen molar-refractivity contribution in [3.05, 3.63) is 57.2 Å². The van der Waals surface area contributed by atoms with Crippen LogP contribution in [-0.4, -0.2) is 55.5 Å². The van der Waals surface area contributed by atoms with Gasteiger partial charge in [-0.05, 0) is 58.7 Å². The number of hydrogen-bond donors (Lipinski definition) is 0. The second kappa shape index (κ2) is 7.92. The molecule has 0 N–H and O–H groups in total. The number of hydrogen-bond acceptors (Lipinski definition) is 5. The number of ether oxygens (including phenoxy) is 1. The lowest BCUT2D eigenvalue weighted by Crippen LogP contribution is -2.44. The molecule has 0 aliphatic carbocycles. The van der Waals surface area contributed by atoms with Gasteiger partial charge in [-0.15, -0.1) is 0 Å². The number of piperidine rings is 1. The molecule has 1 aromatic carbocycles. The third kappa shape index (κ3) is 3.38. The van der Waals surface area contributed by atoms with Crippen LogP contribution in [0.2, 0.25) is 5.02 Å². The zero-order chi connectivity index (χ0) is 23.7. The molecular weight excluding hydrogens is 457 g/mol. The third-order valence-electron chi connectivity index (χ3n) is 7.77. The zero-order valence-electron chi connectivity index (χ0n) is 19.5. The number of aromatic nitrogens is 3. The Bertz CT molecular complexity index is 1310. The van der Waals surface area contributed by atoms with E-state index in [2.05, 4.69) is 22.0 Å². The minimum Gasteiger partial charge on any atom is -0.489 e. The summed E-state index contributed by atoms with van der Waals surface area (Å²) < 4.78 is 22.2. The Morgan fingerprint density at radius 1 is 1.18 bits per heavy atom. The standard InChI is InChI=1S/C25H27ClFN5O2/c1-13-23(26)14(2)32-24(28-13)20-11-31(12-21(20)29-32)25(33)19-7-4-15(27)8-22(19)34-18-9-16-5-6-17(10-18)30(16)3/h4,7-8,16-18H,5-6,9-12H2,1-3H3/t16-,17+,18+. The molecule has 178 valence electrons. The van der Waals surface area contributed by atoms with Crippen LogP contribution in [0.4, 0.5) is 4.39 Å². The van der Waals surface area contributed by atoms with Gasteiger partial charge in [0.1, 0.15) is 17.7 Å². The highest BCUT2D eigenvalue weighted by atomic mass is 35.5. The summed E-state index contributed by atoms with van der Waals surface area (Å²) in [6.07, 6.45) is 4.12. The molecule has 2 saturated heterocycles. The van der Waals surface area contributed by atoms with Crippen molar-refractivity contribution in [2.24, 2.45) is 0 Å². The smallest absolute Gasteiger partial charge is 0.258 e. The van der Waals surface area contributed by atoms with E-state index in [1.165, 1.54) is 31.0 Å². The van der Waals surface area contributed by atoms with Crippen LogP contribution in [-0.2, 0) is 13.1 Å². The molecule has 3 aromatic rings. The monoisotopic (exact) mass is 483 g/mol. The Morgan fingerprint density at radius 3 is 2.65 bits per heavy atom. The highest BCUT2D eigenvalue weighted by Crippen LogP contribution is 2.37. The van der Waals surface area contributed by atoms with Crippen LogP contribution in [0.5, 0.6) is 5.75 Å². The molecular formula is C25H27ClFN5O2. The fraction of sp³-hybridized carbons (Fsp3) is 0.480. The molecule has 0 radical (unpaired) electrons. The second-order valence-corrected chi connectivity index (χ2v) is 10.2. The van der Waals surface area contributed by atoms with Crippen LogP contribution in [0, 0.1) is 19.7 Å². The van der Waals surface area contributed by atoms with Gasteiger partial charge in [-0.3, -0.25) is 4.79 Å². The largest absolute Gasteiger partial charge is 0.489 e. The van der Waals surface area contributed by atoms with Gasteiger partial charge in [0.2, 0.25) is 0 Å². The van der Waals surface area contributed by atoms with Crippen LogP contribution in [0.15, 0.2) is 18.2 Å². The molecule has 6 rings (SSSR count). The van der Waals surface area contributed by atoms with Crippen LogP contribution in [0.1, 0.15) is 58.7 Å². The van der Waals surface area contributed by atoms with E-state index in [1.54, 1.807) is 9.42 Å². The molecule has 0 saturated carbocycles. The van der Waals surface area contributed by atoms with Gasteiger partial charge in [-0.25, -0.2) is 13.9 Å². The van der Waals surface area contributed by atoms with Gasteiger partial charge >= 0.3 is 0 Å². The summed E-state index contributed by atoms with van der Waals surface area (Å²) in [6, 6.07) is 5.19. The first-order chi connectivity index (χ1) is 16.3. The molecule has 3 aliphatic rings. The van der Waals surface area contributed by atoms with Crippen molar-refractivity contribution in [2.45, 2.75) is 70.8 Å². The maximum atomic E-state index is 14.2. The Kier molecular flexibility index (Phi) is 5.08. The van der Waals surface area contributed by atoms with Crippen molar-refractivity contribution in [3.8, 4) is 5.75 Å². The van der Waals surface area contributed by atoms with E-state index in [0.717, 1.165) is 41.1 Å². The molecule has 3 aliphatic heterocycles.